The summed E-state index contributed by atoms with van der Waals surface area (Å²) in [4.78, 5) is 12.7. The molecule has 8 nitrogen and oxygen atoms in total. The molecule has 0 aliphatic carbocycles. The van der Waals surface area contributed by atoms with Crippen LogP contribution in [-0.2, 0) is 14.9 Å². The van der Waals surface area contributed by atoms with E-state index in [1.807, 2.05) is 19.1 Å². The summed E-state index contributed by atoms with van der Waals surface area (Å²) in [5.41, 5.74) is 3.41. The van der Waals surface area contributed by atoms with Gasteiger partial charge in [0.2, 0.25) is 0 Å². The highest BCUT2D eigenvalue weighted by Crippen LogP contribution is 2.28. The average Bonchev–Trinajstić information content (AvgIpc) is 3.24. The highest BCUT2D eigenvalue weighted by molar-refractivity contribution is 7.86. The van der Waals surface area contributed by atoms with Gasteiger partial charge in [-0.15, -0.1) is 0 Å². The Hall–Kier alpha value is -1.94. The largest absolute Gasteiger partial charge is 0.369 e. The van der Waals surface area contributed by atoms with Gasteiger partial charge in [0.25, 0.3) is 10.2 Å². The molecule has 2 aromatic rings. The minimum Gasteiger partial charge on any atom is -0.369 e. The van der Waals surface area contributed by atoms with Gasteiger partial charge in [0.1, 0.15) is 12.4 Å². The monoisotopic (exact) mass is 389 g/mol. The van der Waals surface area contributed by atoms with Crippen molar-refractivity contribution in [1.29, 1.82) is 0 Å². The minimum absolute atomic E-state index is 0.278. The van der Waals surface area contributed by atoms with Gasteiger partial charge in [-0.2, -0.15) is 17.0 Å². The van der Waals surface area contributed by atoms with Crippen LogP contribution in [0.5, 0.6) is 0 Å². The molecule has 9 heteroatoms. The lowest BCUT2D eigenvalue weighted by Crippen LogP contribution is -2.48. The van der Waals surface area contributed by atoms with Crippen molar-refractivity contribution < 1.29 is 13.2 Å². The first kappa shape index (κ1) is 18.4. The highest BCUT2D eigenvalue weighted by Gasteiger charge is 2.36. The molecule has 2 aliphatic heterocycles. The molecule has 2 fully saturated rings. The number of nitrogens with zero attached hydrogens (tertiary/aromatic N) is 5. The zero-order valence-corrected chi connectivity index (χ0v) is 16.1. The molecular formula is C18H23N5O3S. The first-order valence-electron chi connectivity index (χ1n) is 9.15. The summed E-state index contributed by atoms with van der Waals surface area (Å²) in [6.07, 6.45) is 6.45. The number of rotatable bonds is 4. The van der Waals surface area contributed by atoms with Crippen LogP contribution >= 0.6 is 0 Å². The van der Waals surface area contributed by atoms with Gasteiger partial charge in [-0.05, 0) is 37.5 Å². The SMILES string of the molecule is Cc1cc(-c2cncnc2)cc(C2CN(S(=O)(=O)N3CCCC3)CCO2)n1. The zero-order valence-electron chi connectivity index (χ0n) is 15.3. The molecule has 2 aliphatic rings. The fraction of sp³-hybridized carbons (Fsp3) is 0.500. The molecule has 0 radical (unpaired) electrons. The van der Waals surface area contributed by atoms with Crippen LogP contribution in [0.1, 0.15) is 30.3 Å². The third kappa shape index (κ3) is 3.86. The number of hydrogen-bond donors (Lipinski definition) is 0. The van der Waals surface area contributed by atoms with Crippen molar-refractivity contribution in [2.75, 3.05) is 32.8 Å². The predicted octanol–water partition coefficient (Wildman–Crippen LogP) is 1.56. The van der Waals surface area contributed by atoms with E-state index >= 15 is 0 Å². The molecule has 4 rings (SSSR count). The number of aryl methyl sites for hydroxylation is 1. The van der Waals surface area contributed by atoms with Crippen LogP contribution in [0.15, 0.2) is 30.9 Å². The zero-order chi connectivity index (χ0) is 18.9. The smallest absolute Gasteiger partial charge is 0.282 e. The van der Waals surface area contributed by atoms with E-state index in [2.05, 4.69) is 15.0 Å². The third-order valence-electron chi connectivity index (χ3n) is 4.94. The van der Waals surface area contributed by atoms with E-state index in [-0.39, 0.29) is 12.6 Å². The summed E-state index contributed by atoms with van der Waals surface area (Å²) in [5.74, 6) is 0. The average molecular weight is 389 g/mol. The Kier molecular flexibility index (Phi) is 5.18. The summed E-state index contributed by atoms with van der Waals surface area (Å²) in [6.45, 7) is 4.13. The number of aromatic nitrogens is 3. The number of hydrogen-bond acceptors (Lipinski definition) is 6. The predicted molar refractivity (Wildman–Crippen MR) is 100.0 cm³/mol. The Labute approximate surface area is 159 Å². The highest BCUT2D eigenvalue weighted by atomic mass is 32.2. The van der Waals surface area contributed by atoms with Crippen molar-refractivity contribution in [2.45, 2.75) is 25.9 Å². The second-order valence-electron chi connectivity index (χ2n) is 6.88. The molecule has 0 saturated carbocycles. The van der Waals surface area contributed by atoms with Gasteiger partial charge in [0.05, 0.1) is 12.3 Å². The molecule has 0 aromatic carbocycles. The van der Waals surface area contributed by atoms with Crippen molar-refractivity contribution >= 4 is 10.2 Å². The first-order chi connectivity index (χ1) is 13.0. The van der Waals surface area contributed by atoms with Crippen molar-refractivity contribution in [3.8, 4) is 11.1 Å². The van der Waals surface area contributed by atoms with E-state index in [4.69, 9.17) is 4.74 Å². The maximum atomic E-state index is 12.9. The summed E-state index contributed by atoms with van der Waals surface area (Å²) < 4.78 is 34.7. The van der Waals surface area contributed by atoms with Crippen LogP contribution in [0.25, 0.3) is 11.1 Å². The van der Waals surface area contributed by atoms with Gasteiger partial charge >= 0.3 is 0 Å². The Balaban J connectivity index is 1.59. The third-order valence-corrected chi connectivity index (χ3v) is 6.95. The van der Waals surface area contributed by atoms with E-state index in [1.165, 1.54) is 10.6 Å². The molecule has 2 saturated heterocycles. The van der Waals surface area contributed by atoms with Crippen molar-refractivity contribution in [3.05, 3.63) is 42.2 Å². The van der Waals surface area contributed by atoms with Crippen LogP contribution < -0.4 is 0 Å². The van der Waals surface area contributed by atoms with Gasteiger partial charge < -0.3 is 4.74 Å². The molecule has 4 heterocycles. The summed E-state index contributed by atoms with van der Waals surface area (Å²) in [7, 11) is -3.44. The second-order valence-corrected chi connectivity index (χ2v) is 8.81. The summed E-state index contributed by atoms with van der Waals surface area (Å²) >= 11 is 0. The van der Waals surface area contributed by atoms with E-state index < -0.39 is 10.2 Å². The molecule has 1 atom stereocenters. The number of morpholine rings is 1. The topological polar surface area (TPSA) is 88.5 Å². The molecule has 0 amide bonds. The maximum absolute atomic E-state index is 12.9. The lowest BCUT2D eigenvalue weighted by atomic mass is 10.1. The Morgan fingerprint density at radius 3 is 2.52 bits per heavy atom. The van der Waals surface area contributed by atoms with Gasteiger partial charge in [-0.25, -0.2) is 9.97 Å². The van der Waals surface area contributed by atoms with Crippen LogP contribution in [0.3, 0.4) is 0 Å². The van der Waals surface area contributed by atoms with Crippen molar-refractivity contribution in [1.82, 2.24) is 23.6 Å². The van der Waals surface area contributed by atoms with Crippen molar-refractivity contribution in [3.63, 3.8) is 0 Å². The van der Waals surface area contributed by atoms with Gasteiger partial charge in [0, 0.05) is 49.8 Å². The standard InChI is InChI=1S/C18H23N5O3S/c1-14-8-15(16-10-19-13-20-11-16)9-17(21-14)18-12-23(6-7-26-18)27(24,25)22-4-2-3-5-22/h8-11,13,18H,2-7,12H2,1H3. The molecule has 0 bridgehead atoms. The first-order valence-corrected chi connectivity index (χ1v) is 10.5. The van der Waals surface area contributed by atoms with Crippen molar-refractivity contribution in [2.24, 2.45) is 0 Å². The molecule has 144 valence electrons. The molecule has 27 heavy (non-hydrogen) atoms. The van der Waals surface area contributed by atoms with Gasteiger partial charge in [0.15, 0.2) is 0 Å². The minimum atomic E-state index is -3.44. The molecular weight excluding hydrogens is 366 g/mol. The molecule has 1 unspecified atom stereocenters. The van der Waals surface area contributed by atoms with Crippen LogP contribution in [0.2, 0.25) is 0 Å². The quantitative estimate of drug-likeness (QED) is 0.789. The fourth-order valence-electron chi connectivity index (χ4n) is 3.57. The van der Waals surface area contributed by atoms with Crippen LogP contribution in [0, 0.1) is 6.92 Å². The lowest BCUT2D eigenvalue weighted by Gasteiger charge is -2.34. The number of pyridine rings is 1. The lowest BCUT2D eigenvalue weighted by molar-refractivity contribution is -0.00649. The van der Waals surface area contributed by atoms with Crippen LogP contribution in [0.4, 0.5) is 0 Å². The Bertz CT molecular complexity index is 900. The summed E-state index contributed by atoms with van der Waals surface area (Å²) in [6, 6.07) is 3.89. The second kappa shape index (κ2) is 7.59. The number of ether oxygens (including phenoxy) is 1. The Morgan fingerprint density at radius 1 is 1.04 bits per heavy atom. The Morgan fingerprint density at radius 2 is 1.78 bits per heavy atom. The molecule has 0 N–H and O–H groups in total. The van der Waals surface area contributed by atoms with E-state index in [0.717, 1.165) is 35.4 Å². The molecule has 2 aromatic heterocycles. The normalized spacial score (nSPS) is 22.2. The van der Waals surface area contributed by atoms with Gasteiger partial charge in [-0.1, -0.05) is 0 Å². The van der Waals surface area contributed by atoms with Crippen LogP contribution in [-0.4, -0.2) is 64.8 Å². The molecule has 0 spiro atoms. The van der Waals surface area contributed by atoms with E-state index in [1.54, 1.807) is 16.7 Å². The maximum Gasteiger partial charge on any atom is 0.282 e. The fourth-order valence-corrected chi connectivity index (χ4v) is 5.25. The van der Waals surface area contributed by atoms with E-state index in [0.29, 0.717) is 26.2 Å². The summed E-state index contributed by atoms with van der Waals surface area (Å²) in [5, 5.41) is 0. The van der Waals surface area contributed by atoms with E-state index in [9.17, 15) is 8.42 Å². The van der Waals surface area contributed by atoms with Gasteiger partial charge in [-0.3, -0.25) is 4.98 Å².